The molecule has 2 N–H and O–H groups in total. The van der Waals surface area contributed by atoms with Crippen molar-refractivity contribution in [2.45, 2.75) is 96.6 Å². The number of aromatic nitrogens is 1. The zero-order valence-corrected chi connectivity index (χ0v) is 27.7. The molecular formula is C37H54N4O4. The highest BCUT2D eigenvalue weighted by molar-refractivity contribution is 5.85. The highest BCUT2D eigenvalue weighted by Crippen LogP contribution is 2.60. The van der Waals surface area contributed by atoms with Crippen molar-refractivity contribution in [2.24, 2.45) is 35.0 Å². The number of carbonyl (C=O) groups excluding carboxylic acids is 2. The molecule has 45 heavy (non-hydrogen) atoms. The van der Waals surface area contributed by atoms with Crippen molar-refractivity contribution >= 4 is 22.8 Å². The van der Waals surface area contributed by atoms with Gasteiger partial charge in [-0.3, -0.25) is 4.79 Å². The number of fused-ring (bicyclic) bond motifs is 1. The fourth-order valence-electron chi connectivity index (χ4n) is 10.3. The molecule has 0 spiro atoms. The number of aromatic amines is 1. The number of aliphatic hydroxyl groups is 1. The minimum Gasteiger partial charge on any atom is -0.490 e. The largest absolute Gasteiger partial charge is 0.490 e. The van der Waals surface area contributed by atoms with Gasteiger partial charge in [-0.1, -0.05) is 6.07 Å². The average Bonchev–Trinajstić information content (AvgIpc) is 3.51. The van der Waals surface area contributed by atoms with Crippen LogP contribution in [0.5, 0.6) is 5.75 Å². The summed E-state index contributed by atoms with van der Waals surface area (Å²) >= 11 is 0. The van der Waals surface area contributed by atoms with Crippen molar-refractivity contribution in [3.8, 4) is 5.75 Å². The molecule has 8 rings (SSSR count). The first-order valence-corrected chi connectivity index (χ1v) is 17.8. The Kier molecular flexibility index (Phi) is 8.32. The van der Waals surface area contributed by atoms with Crippen molar-refractivity contribution in [1.82, 2.24) is 19.7 Å². The zero-order chi connectivity index (χ0) is 31.3. The molecule has 4 bridgehead atoms. The Hall–Kier alpha value is -2.74. The van der Waals surface area contributed by atoms with Gasteiger partial charge in [0.25, 0.3) is 0 Å². The number of hydrogen-bond acceptors (Lipinski definition) is 4. The number of urea groups is 1. The second-order valence-corrected chi connectivity index (χ2v) is 16.4. The summed E-state index contributed by atoms with van der Waals surface area (Å²) < 4.78 is 6.00. The molecular weight excluding hydrogens is 564 g/mol. The van der Waals surface area contributed by atoms with Crippen LogP contribution >= 0.6 is 0 Å². The molecule has 3 amide bonds. The van der Waals surface area contributed by atoms with Crippen LogP contribution in [0.25, 0.3) is 10.9 Å². The molecule has 2 aromatic rings. The molecule has 246 valence electrons. The minimum absolute atomic E-state index is 0.00345. The van der Waals surface area contributed by atoms with Crippen LogP contribution in [-0.2, 0) is 4.79 Å². The predicted molar refractivity (Wildman–Crippen MR) is 176 cm³/mol. The molecule has 8 heteroatoms. The van der Waals surface area contributed by atoms with Gasteiger partial charge in [-0.25, -0.2) is 4.79 Å². The normalized spacial score (nSPS) is 29.7. The Bertz CT molecular complexity index is 1330. The van der Waals surface area contributed by atoms with Gasteiger partial charge in [0.05, 0.1) is 12.0 Å². The summed E-state index contributed by atoms with van der Waals surface area (Å²) in [6, 6.07) is 7.81. The summed E-state index contributed by atoms with van der Waals surface area (Å²) in [5, 5.41) is 11.9. The number of H-pyrrole nitrogens is 1. The molecule has 0 radical (unpaired) electrons. The van der Waals surface area contributed by atoms with Gasteiger partial charge in [0, 0.05) is 48.8 Å². The van der Waals surface area contributed by atoms with E-state index in [0.717, 1.165) is 106 Å². The number of benzene rings is 1. The van der Waals surface area contributed by atoms with Crippen molar-refractivity contribution in [3.63, 3.8) is 0 Å². The van der Waals surface area contributed by atoms with E-state index in [1.54, 1.807) is 0 Å². The summed E-state index contributed by atoms with van der Waals surface area (Å²) in [7, 11) is 0. The number of aliphatic hydroxyl groups excluding tert-OH is 1. The molecule has 1 atom stereocenters. The van der Waals surface area contributed by atoms with E-state index >= 15 is 0 Å². The summed E-state index contributed by atoms with van der Waals surface area (Å²) in [4.78, 5) is 36.9. The van der Waals surface area contributed by atoms with Crippen molar-refractivity contribution in [2.75, 3.05) is 39.3 Å². The number of rotatable bonds is 7. The van der Waals surface area contributed by atoms with Crippen LogP contribution in [0.3, 0.4) is 0 Å². The molecule has 6 fully saturated rings. The fraction of sp³-hybridized carbons (Fsp3) is 0.730. The van der Waals surface area contributed by atoms with Gasteiger partial charge in [-0.15, -0.1) is 0 Å². The summed E-state index contributed by atoms with van der Waals surface area (Å²) in [6.45, 7) is 9.79. The standard InChI is InChI=1S/C37H54N4O4/c1-36(2,3)41(23-30(42)24-45-33-6-4-5-32-31(33)7-12-38-32)35(44)40-15-10-29(11-16-40)28-8-13-39(14-9-28)34(43)37-20-25-17-26(21-37)19-27(18-25)22-37/h4-7,12,25-30,38,42H,8-11,13-24H2,1-3H3. The van der Waals surface area contributed by atoms with Crippen LogP contribution in [0.2, 0.25) is 0 Å². The minimum atomic E-state index is -0.800. The topological polar surface area (TPSA) is 89.1 Å². The molecule has 1 aromatic carbocycles. The third-order valence-electron chi connectivity index (χ3n) is 12.2. The smallest absolute Gasteiger partial charge is 0.320 e. The van der Waals surface area contributed by atoms with Gasteiger partial charge in [0.1, 0.15) is 18.5 Å². The highest BCUT2D eigenvalue weighted by atomic mass is 16.5. The number of ether oxygens (including phenoxy) is 1. The fourth-order valence-corrected chi connectivity index (χ4v) is 10.3. The summed E-state index contributed by atoms with van der Waals surface area (Å²) in [6.07, 6.45) is 12.9. The van der Waals surface area contributed by atoms with Crippen LogP contribution in [0.1, 0.15) is 85.0 Å². The Balaban J connectivity index is 0.888. The molecule has 2 saturated heterocycles. The van der Waals surface area contributed by atoms with Gasteiger partial charge in [0.2, 0.25) is 5.91 Å². The molecule has 2 aliphatic heterocycles. The lowest BCUT2D eigenvalue weighted by atomic mass is 9.49. The Labute approximate surface area is 268 Å². The quantitative estimate of drug-likeness (QED) is 0.382. The summed E-state index contributed by atoms with van der Waals surface area (Å²) in [5.41, 5.74) is 0.543. The molecule has 1 aromatic heterocycles. The van der Waals surface area contributed by atoms with Crippen LogP contribution in [0.4, 0.5) is 4.79 Å². The molecule has 3 heterocycles. The number of amides is 3. The van der Waals surface area contributed by atoms with Crippen LogP contribution < -0.4 is 4.74 Å². The number of β-amino-alcohol motifs (C(OH)–C–C–N with tert-alkyl or cyclic N) is 1. The number of nitrogens with zero attached hydrogens (tertiary/aromatic N) is 3. The zero-order valence-electron chi connectivity index (χ0n) is 27.7. The number of nitrogens with one attached hydrogen (secondary N) is 1. The average molecular weight is 619 g/mol. The van der Waals surface area contributed by atoms with Gasteiger partial charge in [0.15, 0.2) is 0 Å². The second-order valence-electron chi connectivity index (χ2n) is 16.4. The first-order chi connectivity index (χ1) is 21.6. The highest BCUT2D eigenvalue weighted by Gasteiger charge is 2.55. The molecule has 1 unspecified atom stereocenters. The third-order valence-corrected chi connectivity index (χ3v) is 12.2. The maximum atomic E-state index is 13.9. The van der Waals surface area contributed by atoms with Crippen LogP contribution in [0.15, 0.2) is 30.5 Å². The van der Waals surface area contributed by atoms with E-state index in [4.69, 9.17) is 4.74 Å². The third kappa shape index (κ3) is 6.20. The van der Waals surface area contributed by atoms with E-state index in [0.29, 0.717) is 17.7 Å². The van der Waals surface area contributed by atoms with Crippen molar-refractivity contribution in [3.05, 3.63) is 30.5 Å². The maximum absolute atomic E-state index is 13.9. The second kappa shape index (κ2) is 12.1. The molecule has 8 nitrogen and oxygen atoms in total. The Morgan fingerprint density at radius 3 is 2.09 bits per heavy atom. The van der Waals surface area contributed by atoms with E-state index in [2.05, 4.69) is 9.88 Å². The number of likely N-dealkylation sites (tertiary alicyclic amines) is 2. The predicted octanol–water partition coefficient (Wildman–Crippen LogP) is 6.30. The number of hydrogen-bond donors (Lipinski definition) is 2. The molecule has 6 aliphatic rings. The summed E-state index contributed by atoms with van der Waals surface area (Å²) in [5.74, 6) is 4.90. The van der Waals surface area contributed by atoms with Gasteiger partial charge in [-0.05, 0) is 133 Å². The monoisotopic (exact) mass is 618 g/mol. The van der Waals surface area contributed by atoms with Crippen LogP contribution in [0, 0.1) is 35.0 Å². The van der Waals surface area contributed by atoms with Crippen molar-refractivity contribution < 1.29 is 19.4 Å². The van der Waals surface area contributed by atoms with E-state index < -0.39 is 11.6 Å². The SMILES string of the molecule is CC(C)(C)N(CC(O)COc1cccc2[nH]ccc12)C(=O)N1CCC(C2CCN(C(=O)C34CC5CC(CC(C5)C3)C4)CC2)CC1. The first kappa shape index (κ1) is 30.9. The van der Waals surface area contributed by atoms with Gasteiger partial charge >= 0.3 is 6.03 Å². The van der Waals surface area contributed by atoms with Gasteiger partial charge in [-0.2, -0.15) is 0 Å². The van der Waals surface area contributed by atoms with E-state index in [-0.39, 0.29) is 24.6 Å². The molecule has 4 aliphatic carbocycles. The van der Waals surface area contributed by atoms with E-state index in [1.165, 1.54) is 19.3 Å². The Morgan fingerprint density at radius 1 is 0.933 bits per heavy atom. The van der Waals surface area contributed by atoms with Crippen LogP contribution in [-0.4, -0.2) is 87.7 Å². The maximum Gasteiger partial charge on any atom is 0.320 e. The molecule has 4 saturated carbocycles. The van der Waals surface area contributed by atoms with E-state index in [1.807, 2.05) is 61.0 Å². The van der Waals surface area contributed by atoms with E-state index in [9.17, 15) is 14.7 Å². The number of piperidine rings is 2. The lowest BCUT2D eigenvalue weighted by Gasteiger charge is -2.57. The first-order valence-electron chi connectivity index (χ1n) is 17.8. The Morgan fingerprint density at radius 2 is 1.51 bits per heavy atom. The lowest BCUT2D eigenvalue weighted by Crippen LogP contribution is -2.57. The number of carbonyl (C=O) groups is 2. The lowest BCUT2D eigenvalue weighted by molar-refractivity contribution is -0.159. The van der Waals surface area contributed by atoms with Crippen molar-refractivity contribution in [1.29, 1.82) is 0 Å². The van der Waals surface area contributed by atoms with Gasteiger partial charge < -0.3 is 29.5 Å².